The normalized spacial score (nSPS) is 13.4. The average Bonchev–Trinajstić information content (AvgIpc) is 2.25. The second-order valence-electron chi connectivity index (χ2n) is 4.45. The number of alkyl halides is 1. The van der Waals surface area contributed by atoms with E-state index in [-0.39, 0.29) is 0 Å². The first-order valence-corrected chi connectivity index (χ1v) is 5.44. The molecule has 1 rings (SSSR count). The lowest BCUT2D eigenvalue weighted by molar-refractivity contribution is 0.190. The summed E-state index contributed by atoms with van der Waals surface area (Å²) in [5.74, 6) is 0.863. The van der Waals surface area contributed by atoms with Crippen molar-refractivity contribution in [2.24, 2.45) is 0 Å². The van der Waals surface area contributed by atoms with Crippen LogP contribution in [-0.2, 0) is 5.67 Å². The van der Waals surface area contributed by atoms with Crippen LogP contribution in [-0.4, -0.2) is 19.3 Å². The molecule has 0 aliphatic heterocycles. The fraction of sp³-hybridized carbons (Fsp3) is 0.538. The molecule has 1 unspecified atom stereocenters. The van der Waals surface area contributed by atoms with E-state index in [9.17, 15) is 9.50 Å². The summed E-state index contributed by atoms with van der Waals surface area (Å²) in [7, 11) is 2.97. The van der Waals surface area contributed by atoms with Gasteiger partial charge in [-0.15, -0.1) is 0 Å². The summed E-state index contributed by atoms with van der Waals surface area (Å²) in [5.41, 5.74) is -0.526. The maximum absolute atomic E-state index is 13.9. The van der Waals surface area contributed by atoms with E-state index in [4.69, 9.17) is 9.47 Å². The predicted octanol–water partition coefficient (Wildman–Crippen LogP) is 2.96. The Kier molecular flexibility index (Phi) is 3.98. The number of ether oxygens (including phenoxy) is 2. The molecule has 0 aliphatic carbocycles. The minimum absolute atomic E-state index is 0.423. The molecule has 4 heteroatoms. The summed E-state index contributed by atoms with van der Waals surface area (Å²) in [6, 6.07) is 3.19. The van der Waals surface area contributed by atoms with Crippen molar-refractivity contribution in [3.05, 3.63) is 23.3 Å². The second kappa shape index (κ2) is 4.92. The van der Waals surface area contributed by atoms with E-state index in [0.29, 0.717) is 22.6 Å². The fourth-order valence-electron chi connectivity index (χ4n) is 1.65. The smallest absolute Gasteiger partial charge is 0.166 e. The van der Waals surface area contributed by atoms with Crippen molar-refractivity contribution in [2.45, 2.75) is 32.5 Å². The first kappa shape index (κ1) is 13.8. The van der Waals surface area contributed by atoms with Crippen molar-refractivity contribution < 1.29 is 19.0 Å². The monoisotopic (exact) mass is 242 g/mol. The van der Waals surface area contributed by atoms with E-state index in [1.54, 1.807) is 19.1 Å². The molecule has 0 amide bonds. The zero-order valence-corrected chi connectivity index (χ0v) is 10.9. The van der Waals surface area contributed by atoms with Crippen LogP contribution in [0.1, 0.15) is 38.0 Å². The van der Waals surface area contributed by atoms with Gasteiger partial charge >= 0.3 is 0 Å². The van der Waals surface area contributed by atoms with E-state index in [2.05, 4.69) is 0 Å². The predicted molar refractivity (Wildman–Crippen MR) is 64.3 cm³/mol. The van der Waals surface area contributed by atoms with E-state index in [0.717, 1.165) is 0 Å². The van der Waals surface area contributed by atoms with Gasteiger partial charge in [-0.05, 0) is 38.5 Å². The molecule has 0 heterocycles. The van der Waals surface area contributed by atoms with Gasteiger partial charge in [-0.1, -0.05) is 0 Å². The third kappa shape index (κ3) is 2.88. The highest BCUT2D eigenvalue weighted by molar-refractivity contribution is 5.51. The van der Waals surface area contributed by atoms with Crippen LogP contribution >= 0.6 is 0 Å². The SMILES string of the molecule is COc1cc(C(C)(C)F)cc(C(C)O)c1OC. The molecule has 0 aliphatic rings. The van der Waals surface area contributed by atoms with E-state index in [1.807, 2.05) is 0 Å². The van der Waals surface area contributed by atoms with Gasteiger partial charge in [-0.25, -0.2) is 4.39 Å². The number of halogens is 1. The van der Waals surface area contributed by atoms with Gasteiger partial charge in [0.25, 0.3) is 0 Å². The average molecular weight is 242 g/mol. The molecule has 0 fully saturated rings. The van der Waals surface area contributed by atoms with Crippen LogP contribution in [0.2, 0.25) is 0 Å². The van der Waals surface area contributed by atoms with Gasteiger partial charge in [0.05, 0.1) is 20.3 Å². The van der Waals surface area contributed by atoms with Crippen molar-refractivity contribution in [3.63, 3.8) is 0 Å². The van der Waals surface area contributed by atoms with Crippen molar-refractivity contribution >= 4 is 0 Å². The maximum atomic E-state index is 13.9. The first-order chi connectivity index (χ1) is 7.81. The van der Waals surface area contributed by atoms with Gasteiger partial charge in [0, 0.05) is 5.56 Å². The zero-order valence-electron chi connectivity index (χ0n) is 10.9. The number of hydrogen-bond donors (Lipinski definition) is 1. The number of aliphatic hydroxyl groups excluding tert-OH is 1. The summed E-state index contributed by atoms with van der Waals surface area (Å²) in [6.45, 7) is 4.52. The van der Waals surface area contributed by atoms with Gasteiger partial charge in [0.1, 0.15) is 5.67 Å². The molecule has 96 valence electrons. The van der Waals surface area contributed by atoms with Crippen LogP contribution in [0.3, 0.4) is 0 Å². The Morgan fingerprint density at radius 1 is 1.24 bits per heavy atom. The lowest BCUT2D eigenvalue weighted by atomic mass is 9.95. The molecule has 1 atom stereocenters. The molecule has 0 saturated heterocycles. The Labute approximate surface area is 101 Å². The van der Waals surface area contributed by atoms with Gasteiger partial charge in [0.15, 0.2) is 11.5 Å². The Hall–Kier alpha value is -1.29. The Balaban J connectivity index is 3.46. The number of benzene rings is 1. The lowest BCUT2D eigenvalue weighted by Gasteiger charge is -2.21. The third-order valence-electron chi connectivity index (χ3n) is 2.64. The van der Waals surface area contributed by atoms with Gasteiger partial charge in [-0.2, -0.15) is 0 Å². The van der Waals surface area contributed by atoms with Crippen LogP contribution in [0.25, 0.3) is 0 Å². The molecule has 0 radical (unpaired) electrons. The largest absolute Gasteiger partial charge is 0.493 e. The molecule has 1 aromatic rings. The van der Waals surface area contributed by atoms with E-state index >= 15 is 0 Å². The topological polar surface area (TPSA) is 38.7 Å². The molecule has 1 aromatic carbocycles. The number of methoxy groups -OCH3 is 2. The molecule has 0 aromatic heterocycles. The van der Waals surface area contributed by atoms with Crippen molar-refractivity contribution in [1.82, 2.24) is 0 Å². The summed E-state index contributed by atoms with van der Waals surface area (Å²) in [4.78, 5) is 0. The summed E-state index contributed by atoms with van der Waals surface area (Å²) >= 11 is 0. The fourth-order valence-corrected chi connectivity index (χ4v) is 1.65. The van der Waals surface area contributed by atoms with Gasteiger partial charge in [-0.3, -0.25) is 0 Å². The van der Waals surface area contributed by atoms with Crippen molar-refractivity contribution in [3.8, 4) is 11.5 Å². The standard InChI is InChI=1S/C13H19FO3/c1-8(15)10-6-9(13(2,3)14)7-11(16-4)12(10)17-5/h6-8,15H,1-5H3. The van der Waals surface area contributed by atoms with Gasteiger partial charge < -0.3 is 14.6 Å². The molecule has 0 bridgehead atoms. The number of rotatable bonds is 4. The first-order valence-electron chi connectivity index (χ1n) is 5.44. The molecule has 1 N–H and O–H groups in total. The highest BCUT2D eigenvalue weighted by Gasteiger charge is 2.24. The molecule has 3 nitrogen and oxygen atoms in total. The second-order valence-corrected chi connectivity index (χ2v) is 4.45. The lowest BCUT2D eigenvalue weighted by Crippen LogP contribution is -2.11. The van der Waals surface area contributed by atoms with Crippen LogP contribution in [0.4, 0.5) is 4.39 Å². The summed E-state index contributed by atoms with van der Waals surface area (Å²) in [6.07, 6.45) is -0.749. The molecule has 17 heavy (non-hydrogen) atoms. The highest BCUT2D eigenvalue weighted by atomic mass is 19.1. The van der Waals surface area contributed by atoms with E-state index in [1.165, 1.54) is 28.1 Å². The zero-order chi connectivity index (χ0) is 13.2. The maximum Gasteiger partial charge on any atom is 0.166 e. The number of aliphatic hydroxyl groups is 1. The quantitative estimate of drug-likeness (QED) is 0.882. The number of hydrogen-bond acceptors (Lipinski definition) is 3. The molecule has 0 saturated carbocycles. The van der Waals surface area contributed by atoms with Crippen molar-refractivity contribution in [1.29, 1.82) is 0 Å². The third-order valence-corrected chi connectivity index (χ3v) is 2.64. The Bertz CT molecular complexity index is 394. The Morgan fingerprint density at radius 3 is 2.18 bits per heavy atom. The minimum Gasteiger partial charge on any atom is -0.493 e. The molecule has 0 spiro atoms. The Morgan fingerprint density at radius 2 is 1.82 bits per heavy atom. The van der Waals surface area contributed by atoms with Crippen LogP contribution in [0, 0.1) is 0 Å². The van der Waals surface area contributed by atoms with Crippen LogP contribution in [0.15, 0.2) is 12.1 Å². The molecular weight excluding hydrogens is 223 g/mol. The molecular formula is C13H19FO3. The summed E-state index contributed by atoms with van der Waals surface area (Å²) < 4.78 is 24.3. The van der Waals surface area contributed by atoms with Crippen LogP contribution in [0.5, 0.6) is 11.5 Å². The highest BCUT2D eigenvalue weighted by Crippen LogP contribution is 2.39. The van der Waals surface area contributed by atoms with E-state index < -0.39 is 11.8 Å². The summed E-state index contributed by atoms with van der Waals surface area (Å²) in [5, 5.41) is 9.69. The van der Waals surface area contributed by atoms with Crippen molar-refractivity contribution in [2.75, 3.05) is 14.2 Å². The van der Waals surface area contributed by atoms with Gasteiger partial charge in [0.2, 0.25) is 0 Å². The van der Waals surface area contributed by atoms with Crippen LogP contribution < -0.4 is 9.47 Å². The minimum atomic E-state index is -1.50.